The number of fused-ring (bicyclic) bond motifs is 1. The highest BCUT2D eigenvalue weighted by atomic mass is 19.1. The van der Waals surface area contributed by atoms with Gasteiger partial charge in [-0.2, -0.15) is 5.10 Å². The summed E-state index contributed by atoms with van der Waals surface area (Å²) in [6.07, 6.45) is 3.62. The summed E-state index contributed by atoms with van der Waals surface area (Å²) in [5.41, 5.74) is 3.80. The lowest BCUT2D eigenvalue weighted by molar-refractivity contribution is 0.244. The lowest BCUT2D eigenvalue weighted by Crippen LogP contribution is -2.45. The summed E-state index contributed by atoms with van der Waals surface area (Å²) in [6.45, 7) is 2.83. The number of anilines is 1. The highest BCUT2D eigenvalue weighted by Crippen LogP contribution is 2.46. The van der Waals surface area contributed by atoms with E-state index in [0.717, 1.165) is 41.4 Å². The normalized spacial score (nSPS) is 22.5. The number of hydrogen-bond donors (Lipinski definition) is 3. The third-order valence-corrected chi connectivity index (χ3v) is 5.83. The highest BCUT2D eigenvalue weighted by molar-refractivity contribution is 5.94. The van der Waals surface area contributed by atoms with E-state index in [1.165, 1.54) is 0 Å². The Morgan fingerprint density at radius 3 is 2.82 bits per heavy atom. The third-order valence-electron chi connectivity index (χ3n) is 5.83. The molecule has 2 aliphatic rings. The molecule has 146 valence electrons. The number of pyridine rings is 1. The number of alkyl halides is 1. The van der Waals surface area contributed by atoms with Crippen LogP contribution in [0.25, 0.3) is 22.0 Å². The van der Waals surface area contributed by atoms with Crippen LogP contribution in [0.3, 0.4) is 0 Å². The molecule has 5 nitrogen and oxygen atoms in total. The molecule has 1 aromatic carbocycles. The van der Waals surface area contributed by atoms with Gasteiger partial charge in [0.25, 0.3) is 0 Å². The van der Waals surface area contributed by atoms with E-state index < -0.39 is 6.17 Å². The van der Waals surface area contributed by atoms with Crippen LogP contribution < -0.4 is 10.6 Å². The Kier molecular flexibility index (Phi) is 4.27. The van der Waals surface area contributed by atoms with Gasteiger partial charge in [-0.15, -0.1) is 0 Å². The summed E-state index contributed by atoms with van der Waals surface area (Å²) >= 11 is 0. The fraction of sp³-hybridized carbons (Fsp3) is 0.429. The Morgan fingerprint density at radius 2 is 2.04 bits per heavy atom. The van der Waals surface area contributed by atoms with Crippen LogP contribution in [-0.2, 0) is 0 Å². The number of nitrogens with zero attached hydrogens (tertiary/aromatic N) is 2. The van der Waals surface area contributed by atoms with Gasteiger partial charge in [-0.05, 0) is 68.0 Å². The van der Waals surface area contributed by atoms with Crippen molar-refractivity contribution in [1.29, 1.82) is 0 Å². The van der Waals surface area contributed by atoms with Crippen molar-refractivity contribution in [3.63, 3.8) is 0 Å². The van der Waals surface area contributed by atoms with Crippen molar-refractivity contribution >= 4 is 16.7 Å². The zero-order valence-corrected chi connectivity index (χ0v) is 15.7. The van der Waals surface area contributed by atoms with Crippen molar-refractivity contribution in [2.75, 3.05) is 18.4 Å². The molecule has 0 radical (unpaired) electrons. The molecule has 1 aliphatic carbocycles. The number of aromatic amines is 1. The first-order chi connectivity index (χ1) is 13.6. The maximum absolute atomic E-state index is 14.8. The summed E-state index contributed by atoms with van der Waals surface area (Å²) in [5, 5.41) is 14.7. The van der Waals surface area contributed by atoms with E-state index in [9.17, 15) is 8.78 Å². The third kappa shape index (κ3) is 3.03. The van der Waals surface area contributed by atoms with Crippen LogP contribution in [-0.4, -0.2) is 40.5 Å². The first kappa shape index (κ1) is 17.6. The molecule has 0 amide bonds. The molecule has 1 aliphatic heterocycles. The molecule has 2 fully saturated rings. The van der Waals surface area contributed by atoms with Gasteiger partial charge in [0.05, 0.1) is 17.3 Å². The molecule has 0 bridgehead atoms. The summed E-state index contributed by atoms with van der Waals surface area (Å²) < 4.78 is 29.0. The molecule has 7 heteroatoms. The van der Waals surface area contributed by atoms with Gasteiger partial charge in [-0.3, -0.25) is 10.1 Å². The smallest absolute Gasteiger partial charge is 0.156 e. The summed E-state index contributed by atoms with van der Waals surface area (Å²) in [4.78, 5) is 4.05. The Morgan fingerprint density at radius 1 is 1.18 bits per heavy atom. The predicted octanol–water partition coefficient (Wildman–Crippen LogP) is 4.06. The van der Waals surface area contributed by atoms with Gasteiger partial charge >= 0.3 is 0 Å². The maximum Gasteiger partial charge on any atom is 0.156 e. The van der Waals surface area contributed by atoms with Crippen LogP contribution in [0.5, 0.6) is 0 Å². The minimum absolute atomic E-state index is 0.253. The fourth-order valence-electron chi connectivity index (χ4n) is 4.07. The fourth-order valence-corrected chi connectivity index (χ4v) is 4.07. The second kappa shape index (κ2) is 6.81. The van der Waals surface area contributed by atoms with Crippen molar-refractivity contribution in [2.24, 2.45) is 0 Å². The number of benzene rings is 1. The number of rotatable bonds is 4. The first-order valence-corrected chi connectivity index (χ1v) is 9.86. The SMILES string of the molecule is Cc1nccc(-c2cc3[nH]nc(N[C@H]4CCNC[C@@H]4F)c3cc2C2CC2)c1F. The Bertz CT molecular complexity index is 1030. The van der Waals surface area contributed by atoms with Crippen LogP contribution in [0.1, 0.15) is 36.4 Å². The van der Waals surface area contributed by atoms with Crippen molar-refractivity contribution in [2.45, 2.75) is 44.3 Å². The minimum Gasteiger partial charge on any atom is -0.362 e. The van der Waals surface area contributed by atoms with Crippen LogP contribution in [0, 0.1) is 12.7 Å². The van der Waals surface area contributed by atoms with E-state index in [0.29, 0.717) is 36.0 Å². The van der Waals surface area contributed by atoms with E-state index in [1.807, 2.05) is 6.07 Å². The van der Waals surface area contributed by atoms with Crippen molar-refractivity contribution in [1.82, 2.24) is 20.5 Å². The number of H-pyrrole nitrogens is 1. The average molecular weight is 383 g/mol. The second-order valence-corrected chi connectivity index (χ2v) is 7.85. The number of aromatic nitrogens is 3. The quantitative estimate of drug-likeness (QED) is 0.636. The summed E-state index contributed by atoms with van der Waals surface area (Å²) in [7, 11) is 0. The van der Waals surface area contributed by atoms with Crippen LogP contribution in [0.2, 0.25) is 0 Å². The second-order valence-electron chi connectivity index (χ2n) is 7.85. The van der Waals surface area contributed by atoms with E-state index in [2.05, 4.69) is 31.9 Å². The summed E-state index contributed by atoms with van der Waals surface area (Å²) in [6, 6.07) is 5.54. The number of piperidine rings is 1. The van der Waals surface area contributed by atoms with Crippen molar-refractivity contribution in [3.05, 3.63) is 41.5 Å². The standard InChI is InChI=1S/C21H23F2N5/c1-11-20(23)13(4-7-25-11)15-9-19-16(8-14(15)12-2-3-12)21(28-27-19)26-18-5-6-24-10-17(18)22/h4,7-9,12,17-18,24H,2-3,5-6,10H2,1H3,(H2,26,27,28)/t17-,18-/m0/s1. The topological polar surface area (TPSA) is 65.6 Å². The van der Waals surface area contributed by atoms with Crippen LogP contribution in [0.15, 0.2) is 24.4 Å². The molecule has 1 saturated heterocycles. The van der Waals surface area contributed by atoms with E-state index in [-0.39, 0.29) is 11.9 Å². The Labute approximate surface area is 161 Å². The largest absolute Gasteiger partial charge is 0.362 e. The van der Waals surface area contributed by atoms with Gasteiger partial charge in [0.2, 0.25) is 0 Å². The maximum atomic E-state index is 14.8. The number of hydrogen-bond acceptors (Lipinski definition) is 4. The van der Waals surface area contributed by atoms with E-state index >= 15 is 0 Å². The van der Waals surface area contributed by atoms with E-state index in [4.69, 9.17) is 0 Å². The number of aryl methyl sites for hydroxylation is 1. The van der Waals surface area contributed by atoms with Gasteiger partial charge in [0, 0.05) is 23.7 Å². The molecule has 3 N–H and O–H groups in total. The van der Waals surface area contributed by atoms with E-state index in [1.54, 1.807) is 19.2 Å². The summed E-state index contributed by atoms with van der Waals surface area (Å²) in [5.74, 6) is 0.823. The molecule has 1 saturated carbocycles. The van der Waals surface area contributed by atoms with Gasteiger partial charge in [0.1, 0.15) is 6.17 Å². The molecule has 0 unspecified atom stereocenters. The number of halogens is 2. The molecule has 28 heavy (non-hydrogen) atoms. The molecular formula is C21H23F2N5. The zero-order chi connectivity index (χ0) is 19.3. The predicted molar refractivity (Wildman–Crippen MR) is 106 cm³/mol. The molecule has 3 heterocycles. The molecule has 2 atom stereocenters. The first-order valence-electron chi connectivity index (χ1n) is 9.86. The number of nitrogens with one attached hydrogen (secondary N) is 3. The van der Waals surface area contributed by atoms with Crippen molar-refractivity contribution < 1.29 is 8.78 Å². The Balaban J connectivity index is 1.58. The van der Waals surface area contributed by atoms with Gasteiger partial charge in [0.15, 0.2) is 11.6 Å². The molecule has 2 aromatic heterocycles. The van der Waals surface area contributed by atoms with Gasteiger partial charge in [-0.1, -0.05) is 0 Å². The Hall–Kier alpha value is -2.54. The van der Waals surface area contributed by atoms with Gasteiger partial charge < -0.3 is 10.6 Å². The molecule has 5 rings (SSSR count). The molecule has 0 spiro atoms. The average Bonchev–Trinajstić information content (AvgIpc) is 3.47. The minimum atomic E-state index is -0.948. The monoisotopic (exact) mass is 383 g/mol. The molecular weight excluding hydrogens is 360 g/mol. The highest BCUT2D eigenvalue weighted by Gasteiger charge is 2.30. The van der Waals surface area contributed by atoms with Gasteiger partial charge in [-0.25, -0.2) is 8.78 Å². The lowest BCUT2D eigenvalue weighted by Gasteiger charge is -2.27. The van der Waals surface area contributed by atoms with Crippen LogP contribution in [0.4, 0.5) is 14.6 Å². The lowest BCUT2D eigenvalue weighted by atomic mass is 9.94. The zero-order valence-electron chi connectivity index (χ0n) is 15.7. The van der Waals surface area contributed by atoms with Crippen molar-refractivity contribution in [3.8, 4) is 11.1 Å². The molecule has 3 aromatic rings. The van der Waals surface area contributed by atoms with Crippen LogP contribution >= 0.6 is 0 Å².